The Morgan fingerprint density at radius 3 is 2.56 bits per heavy atom. The first-order chi connectivity index (χ1) is 8.43. The van der Waals surface area contributed by atoms with Crippen LogP contribution >= 0.6 is 0 Å². The zero-order chi connectivity index (χ0) is 13.3. The molecule has 0 amide bonds. The van der Waals surface area contributed by atoms with Gasteiger partial charge in [0.2, 0.25) is 0 Å². The molecule has 0 radical (unpaired) electrons. The van der Waals surface area contributed by atoms with Crippen LogP contribution in [0.15, 0.2) is 30.6 Å². The van der Waals surface area contributed by atoms with Crippen molar-refractivity contribution in [2.24, 2.45) is 0 Å². The largest absolute Gasteiger partial charge is 0.417 e. The highest BCUT2D eigenvalue weighted by Gasteiger charge is 2.34. The summed E-state index contributed by atoms with van der Waals surface area (Å²) in [4.78, 5) is 3.94. The van der Waals surface area contributed by atoms with E-state index in [2.05, 4.69) is 4.98 Å². The summed E-state index contributed by atoms with van der Waals surface area (Å²) in [6.45, 7) is 1.69. The number of halogens is 3. The summed E-state index contributed by atoms with van der Waals surface area (Å²) in [6, 6.07) is 5.12. The Balaban J connectivity index is 2.61. The summed E-state index contributed by atoms with van der Waals surface area (Å²) in [6.07, 6.45) is -1.48. The van der Waals surface area contributed by atoms with E-state index < -0.39 is 11.7 Å². The summed E-state index contributed by atoms with van der Waals surface area (Å²) in [7, 11) is 0. The van der Waals surface area contributed by atoms with E-state index in [1.165, 1.54) is 16.8 Å². The third kappa shape index (κ3) is 2.07. The van der Waals surface area contributed by atoms with E-state index in [1.54, 1.807) is 19.2 Å². The Hall–Kier alpha value is -2.29. The second-order valence-corrected chi connectivity index (χ2v) is 3.68. The Kier molecular flexibility index (Phi) is 2.83. The number of aryl methyl sites for hydroxylation is 1. The van der Waals surface area contributed by atoms with Crippen LogP contribution < -0.4 is 0 Å². The fourth-order valence-corrected chi connectivity index (χ4v) is 1.66. The lowest BCUT2D eigenvalue weighted by atomic mass is 10.1. The van der Waals surface area contributed by atoms with E-state index in [9.17, 15) is 13.2 Å². The van der Waals surface area contributed by atoms with Crippen molar-refractivity contribution >= 4 is 0 Å². The first-order valence-corrected chi connectivity index (χ1v) is 5.05. The fourth-order valence-electron chi connectivity index (χ4n) is 1.66. The third-order valence-corrected chi connectivity index (χ3v) is 2.53. The van der Waals surface area contributed by atoms with Gasteiger partial charge in [0.25, 0.3) is 0 Å². The summed E-state index contributed by atoms with van der Waals surface area (Å²) in [5.41, 5.74) is -0.990. The second-order valence-electron chi connectivity index (χ2n) is 3.68. The molecule has 0 bridgehead atoms. The first-order valence-electron chi connectivity index (χ1n) is 5.05. The molecule has 0 spiro atoms. The van der Waals surface area contributed by atoms with Gasteiger partial charge in [0.05, 0.1) is 17.2 Å². The van der Waals surface area contributed by atoms with Gasteiger partial charge in [-0.2, -0.15) is 18.4 Å². The Bertz CT molecular complexity index is 620. The number of hydrogen-bond donors (Lipinski definition) is 0. The van der Waals surface area contributed by atoms with Crippen LogP contribution in [0.2, 0.25) is 0 Å². The molecular weight excluding hydrogens is 243 g/mol. The SMILES string of the molecule is Cc1nccn1-c1ccc(C#N)c(C(F)(F)F)c1. The molecule has 2 rings (SSSR count). The molecule has 1 aromatic heterocycles. The Morgan fingerprint density at radius 2 is 2.06 bits per heavy atom. The molecule has 0 unspecified atom stereocenters. The maximum Gasteiger partial charge on any atom is 0.417 e. The third-order valence-electron chi connectivity index (χ3n) is 2.53. The summed E-state index contributed by atoms with van der Waals surface area (Å²) in [5, 5.41) is 8.69. The van der Waals surface area contributed by atoms with Crippen LogP contribution in [0.25, 0.3) is 5.69 Å². The van der Waals surface area contributed by atoms with E-state index in [0.29, 0.717) is 11.5 Å². The van der Waals surface area contributed by atoms with Gasteiger partial charge in [0, 0.05) is 18.1 Å². The van der Waals surface area contributed by atoms with Gasteiger partial charge in [-0.25, -0.2) is 4.98 Å². The number of benzene rings is 1. The maximum absolute atomic E-state index is 12.8. The Labute approximate surface area is 101 Å². The van der Waals surface area contributed by atoms with Crippen molar-refractivity contribution in [3.05, 3.63) is 47.5 Å². The van der Waals surface area contributed by atoms with Gasteiger partial charge >= 0.3 is 6.18 Å². The monoisotopic (exact) mass is 251 g/mol. The summed E-state index contributed by atoms with van der Waals surface area (Å²) < 4.78 is 39.9. The molecular formula is C12H8F3N3. The molecule has 0 aliphatic carbocycles. The highest BCUT2D eigenvalue weighted by atomic mass is 19.4. The average Bonchev–Trinajstić information content (AvgIpc) is 2.73. The molecule has 0 saturated carbocycles. The zero-order valence-corrected chi connectivity index (χ0v) is 9.36. The molecule has 0 atom stereocenters. The minimum atomic E-state index is -4.55. The fraction of sp³-hybridized carbons (Fsp3) is 0.167. The lowest BCUT2D eigenvalue weighted by molar-refractivity contribution is -0.137. The van der Waals surface area contributed by atoms with E-state index >= 15 is 0 Å². The normalized spacial score (nSPS) is 11.3. The molecule has 0 N–H and O–H groups in total. The van der Waals surface area contributed by atoms with Crippen LogP contribution in [0, 0.1) is 18.3 Å². The predicted octanol–water partition coefficient (Wildman–Crippen LogP) is 3.07. The van der Waals surface area contributed by atoms with Crippen molar-refractivity contribution in [2.75, 3.05) is 0 Å². The molecule has 3 nitrogen and oxygen atoms in total. The first kappa shape index (κ1) is 12.2. The van der Waals surface area contributed by atoms with Gasteiger partial charge in [0.15, 0.2) is 0 Å². The predicted molar refractivity (Wildman–Crippen MR) is 58.0 cm³/mol. The minimum Gasteiger partial charge on any atom is -0.304 e. The lowest BCUT2D eigenvalue weighted by Crippen LogP contribution is -2.09. The van der Waals surface area contributed by atoms with Gasteiger partial charge in [-0.3, -0.25) is 0 Å². The van der Waals surface area contributed by atoms with Gasteiger partial charge in [-0.15, -0.1) is 0 Å². The highest BCUT2D eigenvalue weighted by molar-refractivity contribution is 5.47. The molecule has 2 aromatic rings. The number of imidazole rings is 1. The van der Waals surface area contributed by atoms with Crippen LogP contribution in [0.1, 0.15) is 17.0 Å². The standard InChI is InChI=1S/C12H8F3N3/c1-8-17-4-5-18(8)10-3-2-9(7-16)11(6-10)12(13,14)15/h2-6H,1H3. The van der Waals surface area contributed by atoms with Crippen LogP contribution in [0.3, 0.4) is 0 Å². The molecule has 0 fully saturated rings. The number of nitrogens with zero attached hydrogens (tertiary/aromatic N) is 3. The van der Waals surface area contributed by atoms with E-state index in [0.717, 1.165) is 12.1 Å². The molecule has 1 aromatic carbocycles. The van der Waals surface area contributed by atoms with Crippen molar-refractivity contribution in [1.29, 1.82) is 5.26 Å². The number of nitriles is 1. The topological polar surface area (TPSA) is 41.6 Å². The van der Waals surface area contributed by atoms with E-state index in [1.807, 2.05) is 0 Å². The van der Waals surface area contributed by atoms with Crippen LogP contribution in [-0.2, 0) is 6.18 Å². The highest BCUT2D eigenvalue weighted by Crippen LogP contribution is 2.33. The molecule has 92 valence electrons. The van der Waals surface area contributed by atoms with Crippen LogP contribution in [-0.4, -0.2) is 9.55 Å². The van der Waals surface area contributed by atoms with Crippen LogP contribution in [0.5, 0.6) is 0 Å². The quantitative estimate of drug-likeness (QED) is 0.781. The van der Waals surface area contributed by atoms with Gasteiger partial charge in [-0.1, -0.05) is 0 Å². The number of rotatable bonds is 1. The average molecular weight is 251 g/mol. The number of hydrogen-bond acceptors (Lipinski definition) is 2. The van der Waals surface area contributed by atoms with Crippen molar-refractivity contribution in [3.63, 3.8) is 0 Å². The second kappa shape index (κ2) is 4.18. The number of alkyl halides is 3. The lowest BCUT2D eigenvalue weighted by Gasteiger charge is -2.12. The number of aromatic nitrogens is 2. The van der Waals surface area contributed by atoms with E-state index in [4.69, 9.17) is 5.26 Å². The molecule has 0 saturated heterocycles. The smallest absolute Gasteiger partial charge is 0.304 e. The minimum absolute atomic E-state index is 0.330. The van der Waals surface area contributed by atoms with Gasteiger partial charge < -0.3 is 4.57 Å². The molecule has 0 aliphatic heterocycles. The maximum atomic E-state index is 12.8. The molecule has 1 heterocycles. The van der Waals surface area contributed by atoms with Crippen molar-refractivity contribution in [2.45, 2.75) is 13.1 Å². The van der Waals surface area contributed by atoms with Crippen LogP contribution in [0.4, 0.5) is 13.2 Å². The van der Waals surface area contributed by atoms with E-state index in [-0.39, 0.29) is 5.56 Å². The van der Waals surface area contributed by atoms with Gasteiger partial charge in [-0.05, 0) is 25.1 Å². The molecule has 18 heavy (non-hydrogen) atoms. The Morgan fingerprint density at radius 1 is 1.33 bits per heavy atom. The van der Waals surface area contributed by atoms with Gasteiger partial charge in [0.1, 0.15) is 5.82 Å². The van der Waals surface area contributed by atoms with Crippen molar-refractivity contribution in [1.82, 2.24) is 9.55 Å². The van der Waals surface area contributed by atoms with Crippen molar-refractivity contribution in [3.8, 4) is 11.8 Å². The van der Waals surface area contributed by atoms with Crippen molar-refractivity contribution < 1.29 is 13.2 Å². The zero-order valence-electron chi connectivity index (χ0n) is 9.36. The molecule has 0 aliphatic rings. The molecule has 6 heteroatoms. The summed E-state index contributed by atoms with van der Waals surface area (Å²) in [5.74, 6) is 0.577. The summed E-state index contributed by atoms with van der Waals surface area (Å²) >= 11 is 0.